The number of nitriles is 1. The van der Waals surface area contributed by atoms with E-state index in [0.29, 0.717) is 16.5 Å². The Morgan fingerprint density at radius 1 is 1.27 bits per heavy atom. The van der Waals surface area contributed by atoms with Crippen LogP contribution in [0.4, 0.5) is 5.00 Å². The van der Waals surface area contributed by atoms with Crippen molar-refractivity contribution in [3.63, 3.8) is 0 Å². The Morgan fingerprint density at radius 3 is 2.46 bits per heavy atom. The molecule has 1 aliphatic carbocycles. The molecule has 0 aliphatic heterocycles. The number of nitrogens with one attached hydrogen (secondary N) is 1. The molecular formula is C20H28N2O3S. The first kappa shape index (κ1) is 20.4. The van der Waals surface area contributed by atoms with Crippen molar-refractivity contribution in [2.75, 3.05) is 5.32 Å². The van der Waals surface area contributed by atoms with E-state index in [1.165, 1.54) is 16.2 Å². The van der Waals surface area contributed by atoms with Gasteiger partial charge >= 0.3 is 5.97 Å². The minimum atomic E-state index is -0.916. The predicted molar refractivity (Wildman–Crippen MR) is 103 cm³/mol. The number of thiophene rings is 1. The second-order valence-electron chi connectivity index (χ2n) is 9.09. The lowest BCUT2D eigenvalue weighted by Crippen LogP contribution is -2.26. The molecule has 0 saturated carbocycles. The van der Waals surface area contributed by atoms with E-state index < -0.39 is 11.4 Å². The molecule has 26 heavy (non-hydrogen) atoms. The summed E-state index contributed by atoms with van der Waals surface area (Å²) >= 11 is 1.50. The lowest BCUT2D eigenvalue weighted by atomic mass is 9.72. The maximum atomic E-state index is 12.4. The van der Waals surface area contributed by atoms with Crippen LogP contribution in [0, 0.1) is 28.1 Å². The Morgan fingerprint density at radius 2 is 1.92 bits per heavy atom. The number of fused-ring (bicyclic) bond motifs is 1. The molecule has 1 aromatic rings. The number of rotatable bonds is 5. The summed E-state index contributed by atoms with van der Waals surface area (Å²) in [6, 6.07) is 2.26. The minimum absolute atomic E-state index is 0.0697. The van der Waals surface area contributed by atoms with Gasteiger partial charge in [-0.25, -0.2) is 0 Å². The maximum absolute atomic E-state index is 12.4. The zero-order valence-electron chi connectivity index (χ0n) is 16.2. The minimum Gasteiger partial charge on any atom is -0.481 e. The first-order valence-electron chi connectivity index (χ1n) is 8.99. The Hall–Kier alpha value is -1.87. The normalized spacial score (nSPS) is 17.3. The molecule has 1 heterocycles. The van der Waals surface area contributed by atoms with Gasteiger partial charge in [0, 0.05) is 11.3 Å². The fourth-order valence-corrected chi connectivity index (χ4v) is 4.90. The Kier molecular flexibility index (Phi) is 5.82. The van der Waals surface area contributed by atoms with Crippen LogP contribution in [-0.2, 0) is 22.4 Å². The lowest BCUT2D eigenvalue weighted by molar-refractivity contribution is -0.139. The average molecular weight is 377 g/mol. The van der Waals surface area contributed by atoms with Crippen molar-refractivity contribution in [1.82, 2.24) is 0 Å². The zero-order valence-corrected chi connectivity index (χ0v) is 17.0. The Labute approximate surface area is 159 Å². The molecule has 0 fully saturated rings. The molecule has 1 aromatic heterocycles. The van der Waals surface area contributed by atoms with E-state index in [0.717, 1.165) is 24.8 Å². The van der Waals surface area contributed by atoms with E-state index in [4.69, 9.17) is 5.11 Å². The molecule has 1 aliphatic rings. The van der Waals surface area contributed by atoms with E-state index >= 15 is 0 Å². The standard InChI is InChI=1S/C20H28N2O3S/c1-19(2,3)12-6-7-13-14(11-21)18(26-15(13)8-12)22-16(23)9-20(4,5)10-17(24)25/h12H,6-10H2,1-5H3,(H,22,23)(H,24,25)/t12-/m0/s1. The van der Waals surface area contributed by atoms with Crippen molar-refractivity contribution in [3.05, 3.63) is 16.0 Å². The molecule has 0 radical (unpaired) electrons. The molecule has 1 amide bonds. The van der Waals surface area contributed by atoms with Gasteiger partial charge in [-0.05, 0) is 41.6 Å². The topological polar surface area (TPSA) is 90.2 Å². The summed E-state index contributed by atoms with van der Waals surface area (Å²) in [4.78, 5) is 24.5. The van der Waals surface area contributed by atoms with Gasteiger partial charge in [-0.3, -0.25) is 9.59 Å². The third kappa shape index (κ3) is 4.85. The quantitative estimate of drug-likeness (QED) is 0.786. The summed E-state index contributed by atoms with van der Waals surface area (Å²) in [6.45, 7) is 10.3. The van der Waals surface area contributed by atoms with Crippen LogP contribution in [-0.4, -0.2) is 17.0 Å². The highest BCUT2D eigenvalue weighted by molar-refractivity contribution is 7.16. The highest BCUT2D eigenvalue weighted by atomic mass is 32.1. The summed E-state index contributed by atoms with van der Waals surface area (Å²) in [5, 5.41) is 22.0. The fraction of sp³-hybridized carbons (Fsp3) is 0.650. The highest BCUT2D eigenvalue weighted by Crippen LogP contribution is 2.44. The van der Waals surface area contributed by atoms with Crippen LogP contribution in [0.2, 0.25) is 0 Å². The van der Waals surface area contributed by atoms with Gasteiger partial charge in [0.2, 0.25) is 5.91 Å². The van der Waals surface area contributed by atoms with Crippen LogP contribution in [0.1, 0.15) is 69.9 Å². The smallest absolute Gasteiger partial charge is 0.303 e. The number of anilines is 1. The number of carbonyl (C=O) groups is 2. The molecule has 0 saturated heterocycles. The van der Waals surface area contributed by atoms with E-state index in [2.05, 4.69) is 32.2 Å². The van der Waals surface area contributed by atoms with Crippen molar-refractivity contribution in [2.45, 2.75) is 66.7 Å². The van der Waals surface area contributed by atoms with Gasteiger partial charge in [-0.1, -0.05) is 34.6 Å². The van der Waals surface area contributed by atoms with Crippen molar-refractivity contribution in [3.8, 4) is 6.07 Å². The van der Waals surface area contributed by atoms with E-state index in [1.54, 1.807) is 13.8 Å². The van der Waals surface area contributed by atoms with Crippen molar-refractivity contribution in [2.24, 2.45) is 16.7 Å². The van der Waals surface area contributed by atoms with Crippen molar-refractivity contribution in [1.29, 1.82) is 5.26 Å². The first-order chi connectivity index (χ1) is 11.9. The fourth-order valence-electron chi connectivity index (χ4n) is 3.61. The number of carboxylic acids is 1. The number of nitrogens with zero attached hydrogens (tertiary/aromatic N) is 1. The summed E-state index contributed by atoms with van der Waals surface area (Å²) in [5.41, 5.74) is 1.26. The number of carboxylic acid groups (broad SMARTS) is 1. The summed E-state index contributed by atoms with van der Waals surface area (Å²) in [6.07, 6.45) is 2.91. The first-order valence-corrected chi connectivity index (χ1v) is 9.81. The van der Waals surface area contributed by atoms with Crippen LogP contribution in [0.5, 0.6) is 0 Å². The van der Waals surface area contributed by atoms with Gasteiger partial charge in [0.1, 0.15) is 11.1 Å². The van der Waals surface area contributed by atoms with Gasteiger partial charge in [0.25, 0.3) is 0 Å². The number of carbonyl (C=O) groups excluding carboxylic acids is 1. The van der Waals surface area contributed by atoms with Gasteiger partial charge < -0.3 is 10.4 Å². The molecule has 0 spiro atoms. The van der Waals surface area contributed by atoms with Crippen LogP contribution in [0.15, 0.2) is 0 Å². The van der Waals surface area contributed by atoms with Crippen LogP contribution >= 0.6 is 11.3 Å². The molecule has 0 unspecified atom stereocenters. The van der Waals surface area contributed by atoms with Crippen LogP contribution in [0.3, 0.4) is 0 Å². The van der Waals surface area contributed by atoms with Crippen LogP contribution in [0.25, 0.3) is 0 Å². The maximum Gasteiger partial charge on any atom is 0.303 e. The number of aliphatic carboxylic acids is 1. The van der Waals surface area contributed by atoms with Gasteiger partial charge in [0.15, 0.2) is 0 Å². The molecule has 0 bridgehead atoms. The molecule has 6 heteroatoms. The molecule has 2 rings (SSSR count). The molecule has 1 atom stereocenters. The monoisotopic (exact) mass is 376 g/mol. The number of hydrogen-bond donors (Lipinski definition) is 2. The van der Waals surface area contributed by atoms with E-state index in [9.17, 15) is 14.9 Å². The van der Waals surface area contributed by atoms with E-state index in [-0.39, 0.29) is 24.2 Å². The lowest BCUT2D eigenvalue weighted by Gasteiger charge is -2.33. The van der Waals surface area contributed by atoms with E-state index in [1.807, 2.05) is 0 Å². The van der Waals surface area contributed by atoms with Gasteiger partial charge in [0.05, 0.1) is 12.0 Å². The van der Waals surface area contributed by atoms with Crippen LogP contribution < -0.4 is 5.32 Å². The molecule has 142 valence electrons. The number of amides is 1. The average Bonchev–Trinajstić information content (AvgIpc) is 2.79. The largest absolute Gasteiger partial charge is 0.481 e. The number of hydrogen-bond acceptors (Lipinski definition) is 4. The summed E-state index contributed by atoms with van der Waals surface area (Å²) in [5.74, 6) is -0.586. The molecule has 5 nitrogen and oxygen atoms in total. The second-order valence-corrected chi connectivity index (χ2v) is 10.2. The SMILES string of the molecule is CC(C)(CC(=O)O)CC(=O)Nc1sc2c(c1C#N)CC[C@H](C(C)(C)C)C2. The summed E-state index contributed by atoms with van der Waals surface area (Å²) < 4.78 is 0. The third-order valence-electron chi connectivity index (χ3n) is 5.12. The van der Waals surface area contributed by atoms with Crippen molar-refractivity contribution >= 4 is 28.2 Å². The molecule has 2 N–H and O–H groups in total. The highest BCUT2D eigenvalue weighted by Gasteiger charge is 2.33. The third-order valence-corrected chi connectivity index (χ3v) is 6.29. The van der Waals surface area contributed by atoms with Gasteiger partial charge in [-0.2, -0.15) is 5.26 Å². The molecular weight excluding hydrogens is 348 g/mol. The van der Waals surface area contributed by atoms with Gasteiger partial charge in [-0.15, -0.1) is 11.3 Å². The van der Waals surface area contributed by atoms with Crippen molar-refractivity contribution < 1.29 is 14.7 Å². The Balaban J connectivity index is 2.17. The molecule has 0 aromatic carbocycles. The summed E-state index contributed by atoms with van der Waals surface area (Å²) in [7, 11) is 0. The predicted octanol–water partition coefficient (Wildman–Crippen LogP) is 4.60. The second kappa shape index (κ2) is 7.40. The Bertz CT molecular complexity index is 750. The zero-order chi connectivity index (χ0) is 19.7.